The van der Waals surface area contributed by atoms with Crippen molar-refractivity contribution >= 4 is 5.78 Å². The fourth-order valence-electron chi connectivity index (χ4n) is 3.56. The van der Waals surface area contributed by atoms with Crippen LogP contribution in [-0.4, -0.2) is 29.8 Å². The van der Waals surface area contributed by atoms with Gasteiger partial charge in [-0.2, -0.15) is 0 Å². The molecule has 3 heterocycles. The predicted octanol–water partition coefficient (Wildman–Crippen LogP) is 1.45. The highest BCUT2D eigenvalue weighted by Gasteiger charge is 2.44. The highest BCUT2D eigenvalue weighted by molar-refractivity contribution is 5.82. The van der Waals surface area contributed by atoms with Crippen LogP contribution < -0.4 is 0 Å². The maximum absolute atomic E-state index is 11.8. The number of rotatable bonds is 0. The first-order valence-electron chi connectivity index (χ1n) is 5.61. The van der Waals surface area contributed by atoms with Crippen molar-refractivity contribution in [2.75, 3.05) is 13.1 Å². The molecule has 1 saturated carbocycles. The van der Waals surface area contributed by atoms with E-state index < -0.39 is 0 Å². The average Bonchev–Trinajstić information content (AvgIpc) is 2.27. The summed E-state index contributed by atoms with van der Waals surface area (Å²) in [6, 6.07) is 0.639. The van der Waals surface area contributed by atoms with Gasteiger partial charge in [-0.25, -0.2) is 0 Å². The van der Waals surface area contributed by atoms with E-state index in [-0.39, 0.29) is 0 Å². The molecule has 13 heavy (non-hydrogen) atoms. The van der Waals surface area contributed by atoms with Crippen molar-refractivity contribution in [2.24, 2.45) is 11.8 Å². The van der Waals surface area contributed by atoms with E-state index in [1.54, 1.807) is 0 Å². The van der Waals surface area contributed by atoms with Crippen molar-refractivity contribution in [3.8, 4) is 0 Å². The molecule has 4 bridgehead atoms. The summed E-state index contributed by atoms with van der Waals surface area (Å²) in [4.78, 5) is 14.4. The van der Waals surface area contributed by atoms with Gasteiger partial charge in [0.1, 0.15) is 5.78 Å². The van der Waals surface area contributed by atoms with E-state index in [0.717, 1.165) is 18.8 Å². The zero-order chi connectivity index (χ0) is 8.84. The summed E-state index contributed by atoms with van der Waals surface area (Å²) < 4.78 is 0. The Morgan fingerprint density at radius 3 is 3.08 bits per heavy atom. The Morgan fingerprint density at radius 1 is 1.31 bits per heavy atom. The molecule has 0 spiro atoms. The quantitative estimate of drug-likeness (QED) is 0.561. The molecule has 0 aromatic carbocycles. The topological polar surface area (TPSA) is 20.3 Å². The molecule has 4 aliphatic rings. The third-order valence-corrected chi connectivity index (χ3v) is 4.17. The van der Waals surface area contributed by atoms with Crippen LogP contribution in [0.4, 0.5) is 0 Å². The first kappa shape index (κ1) is 7.98. The van der Waals surface area contributed by atoms with Gasteiger partial charge in [0.15, 0.2) is 0 Å². The van der Waals surface area contributed by atoms with Crippen LogP contribution in [0, 0.1) is 11.8 Å². The molecule has 0 amide bonds. The van der Waals surface area contributed by atoms with Gasteiger partial charge >= 0.3 is 0 Å². The Morgan fingerprint density at radius 2 is 2.23 bits per heavy atom. The van der Waals surface area contributed by atoms with Crippen LogP contribution in [-0.2, 0) is 4.79 Å². The predicted molar refractivity (Wildman–Crippen MR) is 50.4 cm³/mol. The van der Waals surface area contributed by atoms with Crippen molar-refractivity contribution in [1.82, 2.24) is 4.90 Å². The minimum absolute atomic E-state index is 0.426. The minimum Gasteiger partial charge on any atom is -0.299 e. The van der Waals surface area contributed by atoms with Crippen molar-refractivity contribution < 1.29 is 4.79 Å². The van der Waals surface area contributed by atoms with Gasteiger partial charge in [-0.05, 0) is 38.1 Å². The van der Waals surface area contributed by atoms with Gasteiger partial charge in [-0.3, -0.25) is 9.69 Å². The Hall–Kier alpha value is -0.370. The van der Waals surface area contributed by atoms with E-state index in [0.29, 0.717) is 17.7 Å². The molecule has 1 aliphatic carbocycles. The van der Waals surface area contributed by atoms with Crippen LogP contribution in [0.2, 0.25) is 0 Å². The second-order valence-corrected chi connectivity index (χ2v) is 4.92. The second-order valence-electron chi connectivity index (χ2n) is 4.92. The molecule has 4 fully saturated rings. The molecular weight excluding hydrogens is 162 g/mol. The van der Waals surface area contributed by atoms with E-state index in [9.17, 15) is 4.79 Å². The van der Waals surface area contributed by atoms with Crippen LogP contribution in [0.3, 0.4) is 0 Å². The van der Waals surface area contributed by atoms with E-state index in [2.05, 4.69) is 4.90 Å². The van der Waals surface area contributed by atoms with E-state index >= 15 is 0 Å². The summed E-state index contributed by atoms with van der Waals surface area (Å²) in [6.45, 7) is 2.47. The van der Waals surface area contributed by atoms with Gasteiger partial charge in [-0.15, -0.1) is 0 Å². The van der Waals surface area contributed by atoms with Crippen LogP contribution in [0.25, 0.3) is 0 Å². The normalized spacial score (nSPS) is 49.1. The van der Waals surface area contributed by atoms with Crippen LogP contribution >= 0.6 is 0 Å². The summed E-state index contributed by atoms with van der Waals surface area (Å²) in [5.74, 6) is 1.84. The number of nitrogens with zero attached hydrogens (tertiary/aromatic N) is 1. The fourth-order valence-corrected chi connectivity index (χ4v) is 3.56. The van der Waals surface area contributed by atoms with Crippen molar-refractivity contribution in [3.63, 3.8) is 0 Å². The Bertz CT molecular complexity index is 238. The molecule has 2 nitrogen and oxygen atoms in total. The number of ketones is 1. The smallest absolute Gasteiger partial charge is 0.137 e. The number of Topliss-reactive ketones (excluding diaryl/α,β-unsaturated/α-hetero) is 1. The van der Waals surface area contributed by atoms with Crippen molar-refractivity contribution in [3.05, 3.63) is 0 Å². The summed E-state index contributed by atoms with van der Waals surface area (Å²) in [6.07, 6.45) is 5.84. The molecule has 0 aromatic rings. The lowest BCUT2D eigenvalue weighted by atomic mass is 9.71. The van der Waals surface area contributed by atoms with E-state index in [1.807, 2.05) is 0 Å². The van der Waals surface area contributed by atoms with Crippen molar-refractivity contribution in [1.29, 1.82) is 0 Å². The highest BCUT2D eigenvalue weighted by Crippen LogP contribution is 2.41. The average molecular weight is 179 g/mol. The molecule has 4 atom stereocenters. The molecular formula is C11H17NO. The van der Waals surface area contributed by atoms with Gasteiger partial charge in [0.25, 0.3) is 0 Å². The number of hydrogen-bond acceptors (Lipinski definition) is 2. The summed E-state index contributed by atoms with van der Waals surface area (Å²) in [5.41, 5.74) is 0. The number of carbonyl (C=O) groups is 1. The number of carbonyl (C=O) groups excluding carboxylic acids is 1. The first-order valence-corrected chi connectivity index (χ1v) is 5.61. The van der Waals surface area contributed by atoms with Gasteiger partial charge in [0, 0.05) is 24.9 Å². The number of hydrogen-bond donors (Lipinski definition) is 0. The summed E-state index contributed by atoms with van der Waals surface area (Å²) in [7, 11) is 0. The van der Waals surface area contributed by atoms with Crippen molar-refractivity contribution in [2.45, 2.75) is 38.1 Å². The molecule has 3 aliphatic heterocycles. The molecule has 4 unspecified atom stereocenters. The maximum Gasteiger partial charge on any atom is 0.137 e. The van der Waals surface area contributed by atoms with Gasteiger partial charge < -0.3 is 0 Å². The standard InChI is InChI=1S/C11H17NO/c13-11-2-1-5-12-7-8-3-4-10(12)9(11)6-8/h8-10H,1-7H2. The highest BCUT2D eigenvalue weighted by atomic mass is 16.1. The van der Waals surface area contributed by atoms with Crippen LogP contribution in [0.5, 0.6) is 0 Å². The number of fused-ring (bicyclic) bond motifs is 1. The molecule has 2 heteroatoms. The fraction of sp³-hybridized carbons (Fsp3) is 0.909. The molecule has 0 aromatic heterocycles. The Balaban J connectivity index is 1.92. The molecule has 3 saturated heterocycles. The van der Waals surface area contributed by atoms with E-state index in [4.69, 9.17) is 0 Å². The van der Waals surface area contributed by atoms with Crippen LogP contribution in [0.1, 0.15) is 32.1 Å². The third kappa shape index (κ3) is 1.15. The molecule has 72 valence electrons. The Labute approximate surface area is 79.3 Å². The third-order valence-electron chi connectivity index (χ3n) is 4.17. The lowest BCUT2D eigenvalue weighted by molar-refractivity contribution is -0.128. The first-order chi connectivity index (χ1) is 6.34. The molecule has 0 N–H and O–H groups in total. The number of piperidine rings is 2. The van der Waals surface area contributed by atoms with Gasteiger partial charge in [-0.1, -0.05) is 0 Å². The zero-order valence-corrected chi connectivity index (χ0v) is 8.04. The SMILES string of the molecule is O=C1CCCN2CC3CCC2C1C3. The Kier molecular flexibility index (Phi) is 1.72. The molecule has 4 rings (SSSR count). The lowest BCUT2D eigenvalue weighted by Gasteiger charge is -2.48. The maximum atomic E-state index is 11.8. The summed E-state index contributed by atoms with van der Waals surface area (Å²) in [5, 5.41) is 0. The lowest BCUT2D eigenvalue weighted by Crippen LogP contribution is -2.53. The second kappa shape index (κ2) is 2.81. The summed E-state index contributed by atoms with van der Waals surface area (Å²) >= 11 is 0. The largest absolute Gasteiger partial charge is 0.299 e. The van der Waals surface area contributed by atoms with Gasteiger partial charge in [0.2, 0.25) is 0 Å². The molecule has 0 radical (unpaired) electrons. The van der Waals surface area contributed by atoms with Gasteiger partial charge in [0.05, 0.1) is 0 Å². The zero-order valence-electron chi connectivity index (χ0n) is 8.04. The van der Waals surface area contributed by atoms with E-state index in [1.165, 1.54) is 32.4 Å². The minimum atomic E-state index is 0.426. The monoisotopic (exact) mass is 179 g/mol. The van der Waals surface area contributed by atoms with Crippen LogP contribution in [0.15, 0.2) is 0 Å².